The van der Waals surface area contributed by atoms with Crippen molar-refractivity contribution in [2.24, 2.45) is 17.6 Å². The summed E-state index contributed by atoms with van der Waals surface area (Å²) in [6.07, 6.45) is 6.90. The Hall–Kier alpha value is -1.43. The van der Waals surface area contributed by atoms with Gasteiger partial charge in [0.05, 0.1) is 0 Å². The zero-order chi connectivity index (χ0) is 13.9. The third-order valence-electron chi connectivity index (χ3n) is 4.83. The van der Waals surface area contributed by atoms with Crippen molar-refractivity contribution in [1.82, 2.24) is 20.1 Å². The molecule has 2 fully saturated rings. The number of piperidine rings is 1. The summed E-state index contributed by atoms with van der Waals surface area (Å²) in [5.41, 5.74) is 5.80. The Balaban J connectivity index is 1.66. The fourth-order valence-electron chi connectivity index (χ4n) is 3.69. The van der Waals surface area contributed by atoms with Crippen LogP contribution in [0.4, 0.5) is 0 Å². The highest BCUT2D eigenvalue weighted by Crippen LogP contribution is 2.34. The first-order valence-corrected chi connectivity index (χ1v) is 7.63. The molecule has 3 rings (SSSR count). The van der Waals surface area contributed by atoms with Gasteiger partial charge < -0.3 is 10.6 Å². The van der Waals surface area contributed by atoms with Crippen LogP contribution in [0.3, 0.4) is 0 Å². The summed E-state index contributed by atoms with van der Waals surface area (Å²) in [5, 5.41) is 6.85. The van der Waals surface area contributed by atoms with Gasteiger partial charge in [0, 0.05) is 24.9 Å². The number of nitrogens with zero attached hydrogens (tertiary/aromatic N) is 3. The Labute approximate surface area is 119 Å². The van der Waals surface area contributed by atoms with E-state index in [1.807, 2.05) is 4.90 Å². The maximum atomic E-state index is 12.7. The number of likely N-dealkylation sites (tertiary alicyclic amines) is 1. The predicted octanol–water partition coefficient (Wildman–Crippen LogP) is 0.886. The summed E-state index contributed by atoms with van der Waals surface area (Å²) >= 11 is 0. The number of amides is 1. The van der Waals surface area contributed by atoms with Gasteiger partial charge in [-0.2, -0.15) is 5.10 Å². The summed E-state index contributed by atoms with van der Waals surface area (Å²) in [7, 11) is 0. The van der Waals surface area contributed by atoms with Gasteiger partial charge >= 0.3 is 0 Å². The summed E-state index contributed by atoms with van der Waals surface area (Å²) in [4.78, 5) is 19.0. The molecule has 0 radical (unpaired) electrons. The molecule has 1 aromatic heterocycles. The molecule has 1 saturated heterocycles. The third-order valence-corrected chi connectivity index (χ3v) is 4.83. The van der Waals surface area contributed by atoms with Gasteiger partial charge in [-0.15, -0.1) is 0 Å². The molecule has 1 aliphatic carbocycles. The van der Waals surface area contributed by atoms with E-state index in [1.54, 1.807) is 0 Å². The van der Waals surface area contributed by atoms with E-state index in [-0.39, 0.29) is 5.92 Å². The molecule has 3 atom stereocenters. The lowest BCUT2D eigenvalue weighted by molar-refractivity contribution is -0.137. The van der Waals surface area contributed by atoms with Crippen LogP contribution < -0.4 is 5.73 Å². The maximum absolute atomic E-state index is 12.7. The van der Waals surface area contributed by atoms with Gasteiger partial charge in [-0.1, -0.05) is 6.42 Å². The third kappa shape index (κ3) is 2.57. The van der Waals surface area contributed by atoms with Crippen LogP contribution in [-0.2, 0) is 4.79 Å². The van der Waals surface area contributed by atoms with Crippen LogP contribution in [0.5, 0.6) is 0 Å². The van der Waals surface area contributed by atoms with E-state index >= 15 is 0 Å². The van der Waals surface area contributed by atoms with Crippen LogP contribution in [0.2, 0.25) is 0 Å². The first kappa shape index (κ1) is 13.5. The molecule has 0 spiro atoms. The number of hydrogen-bond donors (Lipinski definition) is 2. The number of carbonyl (C=O) groups is 1. The lowest BCUT2D eigenvalue weighted by atomic mass is 9.91. The van der Waals surface area contributed by atoms with Crippen molar-refractivity contribution in [2.75, 3.05) is 19.6 Å². The standard InChI is InChI=1S/C14H23N5O/c15-7-10-3-1-5-12(10)14(20)19-6-2-4-11(8-19)13-16-9-17-18-13/h9-12H,1-8,15H2,(H,16,17,18)/t10-,11?,12-/m1/s1. The fraction of sp³-hybridized carbons (Fsp3) is 0.786. The van der Waals surface area contributed by atoms with Gasteiger partial charge in [-0.25, -0.2) is 4.98 Å². The maximum Gasteiger partial charge on any atom is 0.226 e. The number of hydrogen-bond acceptors (Lipinski definition) is 4. The molecule has 2 heterocycles. The molecule has 1 saturated carbocycles. The van der Waals surface area contributed by atoms with Gasteiger partial charge in [0.25, 0.3) is 0 Å². The second-order valence-corrected chi connectivity index (χ2v) is 6.03. The molecule has 6 heteroatoms. The minimum atomic E-state index is 0.147. The first-order chi connectivity index (χ1) is 9.79. The number of aromatic nitrogens is 3. The molecular weight excluding hydrogens is 254 g/mol. The number of carbonyl (C=O) groups excluding carboxylic acids is 1. The summed E-state index contributed by atoms with van der Waals surface area (Å²) < 4.78 is 0. The largest absolute Gasteiger partial charge is 0.342 e. The van der Waals surface area contributed by atoms with Crippen molar-refractivity contribution < 1.29 is 4.79 Å². The number of nitrogens with one attached hydrogen (secondary N) is 1. The zero-order valence-corrected chi connectivity index (χ0v) is 11.8. The summed E-state index contributed by atoms with van der Waals surface area (Å²) in [6.45, 7) is 2.27. The fourth-order valence-corrected chi connectivity index (χ4v) is 3.69. The molecule has 1 aliphatic heterocycles. The van der Waals surface area contributed by atoms with Crippen LogP contribution in [0.15, 0.2) is 6.33 Å². The molecule has 1 unspecified atom stereocenters. The van der Waals surface area contributed by atoms with Crippen molar-refractivity contribution in [3.8, 4) is 0 Å². The number of rotatable bonds is 3. The molecule has 0 bridgehead atoms. The molecule has 0 aromatic carbocycles. The van der Waals surface area contributed by atoms with Crippen molar-refractivity contribution in [3.05, 3.63) is 12.2 Å². The predicted molar refractivity (Wildman–Crippen MR) is 74.8 cm³/mol. The van der Waals surface area contributed by atoms with E-state index in [2.05, 4.69) is 15.2 Å². The highest BCUT2D eigenvalue weighted by molar-refractivity contribution is 5.79. The Kier molecular flexibility index (Phi) is 4.00. The van der Waals surface area contributed by atoms with E-state index in [9.17, 15) is 4.79 Å². The van der Waals surface area contributed by atoms with Crippen molar-refractivity contribution >= 4 is 5.91 Å². The Morgan fingerprint density at radius 2 is 2.30 bits per heavy atom. The zero-order valence-electron chi connectivity index (χ0n) is 11.8. The molecule has 1 aromatic rings. The number of H-pyrrole nitrogens is 1. The summed E-state index contributed by atoms with van der Waals surface area (Å²) in [5.74, 6) is 2.04. The smallest absolute Gasteiger partial charge is 0.226 e. The van der Waals surface area contributed by atoms with Gasteiger partial charge in [-0.3, -0.25) is 9.89 Å². The first-order valence-electron chi connectivity index (χ1n) is 7.63. The monoisotopic (exact) mass is 277 g/mol. The molecule has 2 aliphatic rings. The molecule has 6 nitrogen and oxygen atoms in total. The quantitative estimate of drug-likeness (QED) is 0.858. The Morgan fingerprint density at radius 3 is 3.05 bits per heavy atom. The highest BCUT2D eigenvalue weighted by Gasteiger charge is 2.36. The van der Waals surface area contributed by atoms with E-state index in [0.29, 0.717) is 24.3 Å². The van der Waals surface area contributed by atoms with Crippen LogP contribution in [0.1, 0.15) is 43.8 Å². The lowest BCUT2D eigenvalue weighted by Gasteiger charge is -2.34. The average molecular weight is 277 g/mol. The molecule has 20 heavy (non-hydrogen) atoms. The van der Waals surface area contributed by atoms with Crippen LogP contribution in [0, 0.1) is 11.8 Å². The van der Waals surface area contributed by atoms with Gasteiger partial charge in [0.1, 0.15) is 12.2 Å². The van der Waals surface area contributed by atoms with Crippen molar-refractivity contribution in [3.63, 3.8) is 0 Å². The highest BCUT2D eigenvalue weighted by atomic mass is 16.2. The summed E-state index contributed by atoms with van der Waals surface area (Å²) in [6, 6.07) is 0. The SMILES string of the molecule is NC[C@H]1CCC[C@H]1C(=O)N1CCCC(c2ncn[nH]2)C1. The van der Waals surface area contributed by atoms with Gasteiger partial charge in [0.2, 0.25) is 5.91 Å². The number of nitrogens with two attached hydrogens (primary N) is 1. The molecular formula is C14H23N5O. The lowest BCUT2D eigenvalue weighted by Crippen LogP contribution is -2.44. The molecule has 110 valence electrons. The van der Waals surface area contributed by atoms with Crippen molar-refractivity contribution in [2.45, 2.75) is 38.0 Å². The van der Waals surface area contributed by atoms with Crippen molar-refractivity contribution in [1.29, 1.82) is 0 Å². The minimum absolute atomic E-state index is 0.147. The Bertz CT molecular complexity index is 446. The van der Waals surface area contributed by atoms with Crippen LogP contribution in [-0.4, -0.2) is 45.6 Å². The molecule has 3 N–H and O–H groups in total. The van der Waals surface area contributed by atoms with Crippen LogP contribution >= 0.6 is 0 Å². The normalized spacial score (nSPS) is 30.6. The van der Waals surface area contributed by atoms with E-state index in [0.717, 1.165) is 51.0 Å². The van der Waals surface area contributed by atoms with E-state index < -0.39 is 0 Å². The van der Waals surface area contributed by atoms with Crippen LogP contribution in [0.25, 0.3) is 0 Å². The topological polar surface area (TPSA) is 87.9 Å². The second-order valence-electron chi connectivity index (χ2n) is 6.03. The Morgan fingerprint density at radius 1 is 1.40 bits per heavy atom. The van der Waals surface area contributed by atoms with Gasteiger partial charge in [-0.05, 0) is 38.1 Å². The van der Waals surface area contributed by atoms with E-state index in [1.165, 1.54) is 6.33 Å². The van der Waals surface area contributed by atoms with E-state index in [4.69, 9.17) is 5.73 Å². The minimum Gasteiger partial charge on any atom is -0.342 e. The average Bonchev–Trinajstić information content (AvgIpc) is 3.17. The molecule has 1 amide bonds. The number of aromatic amines is 1. The van der Waals surface area contributed by atoms with Gasteiger partial charge in [0.15, 0.2) is 0 Å². The second kappa shape index (κ2) is 5.91.